The largest absolute Gasteiger partial charge is 0.416 e. The molecule has 0 N–H and O–H groups in total. The van der Waals surface area contributed by atoms with Crippen molar-refractivity contribution in [2.45, 2.75) is 22.9 Å². The molecule has 1 fully saturated rings. The fraction of sp³-hybridized carbons (Fsp3) is 0.174. The summed E-state index contributed by atoms with van der Waals surface area (Å²) in [6.07, 6.45) is -4.52. The van der Waals surface area contributed by atoms with Gasteiger partial charge in [-0.25, -0.2) is 12.7 Å². The molecule has 1 heterocycles. The first-order chi connectivity index (χ1) is 14.7. The highest BCUT2D eigenvalue weighted by Gasteiger charge is 2.53. The average Bonchev–Trinajstić information content (AvgIpc) is 3.13. The summed E-state index contributed by atoms with van der Waals surface area (Å²) in [5, 5.41) is 0. The van der Waals surface area contributed by atoms with E-state index in [-0.39, 0.29) is 13.0 Å². The van der Waals surface area contributed by atoms with E-state index in [1.54, 1.807) is 60.7 Å². The van der Waals surface area contributed by atoms with Crippen molar-refractivity contribution in [1.29, 1.82) is 0 Å². The van der Waals surface area contributed by atoms with Crippen LogP contribution in [0.2, 0.25) is 0 Å². The molecule has 0 saturated carbocycles. The molecule has 4 nitrogen and oxygen atoms in total. The molecular weight excluding hydrogens is 427 g/mol. The lowest BCUT2D eigenvalue weighted by molar-refractivity contribution is -0.137. The zero-order chi connectivity index (χ0) is 22.3. The number of amides is 1. The summed E-state index contributed by atoms with van der Waals surface area (Å²) < 4.78 is 66.4. The van der Waals surface area contributed by atoms with Gasteiger partial charge in [-0.2, -0.15) is 13.2 Å². The van der Waals surface area contributed by atoms with Gasteiger partial charge in [0, 0.05) is 6.54 Å². The van der Waals surface area contributed by atoms with E-state index in [0.29, 0.717) is 21.5 Å². The molecule has 1 aliphatic rings. The Morgan fingerprint density at radius 3 is 1.87 bits per heavy atom. The topological polar surface area (TPSA) is 54.5 Å². The number of halogens is 3. The summed E-state index contributed by atoms with van der Waals surface area (Å²) in [6.45, 7) is -0.138. The molecule has 0 spiro atoms. The lowest BCUT2D eigenvalue weighted by Crippen LogP contribution is -2.41. The highest BCUT2D eigenvalue weighted by molar-refractivity contribution is 7.89. The number of benzene rings is 3. The van der Waals surface area contributed by atoms with Gasteiger partial charge >= 0.3 is 6.18 Å². The van der Waals surface area contributed by atoms with Crippen molar-refractivity contribution < 1.29 is 26.4 Å². The third kappa shape index (κ3) is 3.50. The molecule has 1 aliphatic heterocycles. The van der Waals surface area contributed by atoms with E-state index >= 15 is 0 Å². The predicted molar refractivity (Wildman–Crippen MR) is 109 cm³/mol. The van der Waals surface area contributed by atoms with Gasteiger partial charge < -0.3 is 0 Å². The van der Waals surface area contributed by atoms with Gasteiger partial charge in [-0.3, -0.25) is 4.79 Å². The maximum Gasteiger partial charge on any atom is 0.416 e. The second kappa shape index (κ2) is 7.53. The number of carbonyl (C=O) groups is 1. The third-order valence-electron chi connectivity index (χ3n) is 5.56. The van der Waals surface area contributed by atoms with Crippen LogP contribution in [0.4, 0.5) is 13.2 Å². The molecule has 0 bridgehead atoms. The number of hydrogen-bond donors (Lipinski definition) is 0. The lowest BCUT2D eigenvalue weighted by atomic mass is 9.73. The fourth-order valence-electron chi connectivity index (χ4n) is 4.03. The Bertz CT molecular complexity index is 1170. The summed E-state index contributed by atoms with van der Waals surface area (Å²) in [5.74, 6) is -0.678. The third-order valence-corrected chi connectivity index (χ3v) is 7.34. The van der Waals surface area contributed by atoms with Gasteiger partial charge in [-0.1, -0.05) is 66.7 Å². The monoisotopic (exact) mass is 445 g/mol. The fourth-order valence-corrected chi connectivity index (χ4v) is 5.51. The first kappa shape index (κ1) is 21.1. The molecule has 1 amide bonds. The molecule has 0 radical (unpaired) electrons. The van der Waals surface area contributed by atoms with Crippen LogP contribution in [0, 0.1) is 0 Å². The minimum atomic E-state index is -4.70. The molecule has 3 aromatic rings. The quantitative estimate of drug-likeness (QED) is 0.589. The van der Waals surface area contributed by atoms with Crippen molar-refractivity contribution in [2.24, 2.45) is 0 Å². The van der Waals surface area contributed by atoms with Gasteiger partial charge in [0.2, 0.25) is 0 Å². The van der Waals surface area contributed by atoms with Crippen LogP contribution in [0.5, 0.6) is 0 Å². The lowest BCUT2D eigenvalue weighted by Gasteiger charge is -2.29. The van der Waals surface area contributed by atoms with Crippen molar-refractivity contribution in [3.8, 4) is 0 Å². The van der Waals surface area contributed by atoms with Crippen LogP contribution in [0.15, 0.2) is 89.8 Å². The molecule has 0 aromatic heterocycles. The van der Waals surface area contributed by atoms with Crippen molar-refractivity contribution in [3.05, 3.63) is 102 Å². The van der Waals surface area contributed by atoms with E-state index in [9.17, 15) is 26.4 Å². The van der Waals surface area contributed by atoms with Gasteiger partial charge in [-0.15, -0.1) is 0 Å². The summed E-state index contributed by atoms with van der Waals surface area (Å²) in [7, 11) is -4.47. The van der Waals surface area contributed by atoms with E-state index in [4.69, 9.17) is 0 Å². The van der Waals surface area contributed by atoms with Crippen LogP contribution < -0.4 is 0 Å². The summed E-state index contributed by atoms with van der Waals surface area (Å²) >= 11 is 0. The smallest absolute Gasteiger partial charge is 0.272 e. The molecule has 4 rings (SSSR count). The van der Waals surface area contributed by atoms with Crippen molar-refractivity contribution in [2.75, 3.05) is 6.54 Å². The SMILES string of the molecule is O=C1N(S(=O)(=O)c2cccc(C(F)(F)F)c2)CCC1(c1ccccc1)c1ccccc1. The van der Waals surface area contributed by atoms with Crippen LogP contribution in [-0.4, -0.2) is 25.2 Å². The Labute approximate surface area is 178 Å². The minimum absolute atomic E-state index is 0.138. The summed E-state index contributed by atoms with van der Waals surface area (Å²) in [4.78, 5) is 13.1. The zero-order valence-electron chi connectivity index (χ0n) is 16.2. The average molecular weight is 445 g/mol. The molecule has 3 aromatic carbocycles. The first-order valence-corrected chi connectivity index (χ1v) is 11.0. The molecule has 1 saturated heterocycles. The maximum absolute atomic E-state index is 13.7. The van der Waals surface area contributed by atoms with Crippen LogP contribution in [0.1, 0.15) is 23.1 Å². The van der Waals surface area contributed by atoms with E-state index in [1.807, 2.05) is 0 Å². The van der Waals surface area contributed by atoms with Gasteiger partial charge in [0.25, 0.3) is 15.9 Å². The normalized spacial score (nSPS) is 16.5. The highest BCUT2D eigenvalue weighted by atomic mass is 32.2. The van der Waals surface area contributed by atoms with E-state index in [1.165, 1.54) is 0 Å². The second-order valence-corrected chi connectivity index (χ2v) is 9.16. The first-order valence-electron chi connectivity index (χ1n) is 9.53. The minimum Gasteiger partial charge on any atom is -0.272 e. The van der Waals surface area contributed by atoms with Crippen LogP contribution in [-0.2, 0) is 26.4 Å². The summed E-state index contributed by atoms with van der Waals surface area (Å²) in [5.41, 5.74) is -1.06. The van der Waals surface area contributed by atoms with Crippen LogP contribution in [0.25, 0.3) is 0 Å². The van der Waals surface area contributed by atoms with E-state index in [2.05, 4.69) is 0 Å². The number of rotatable bonds is 4. The second-order valence-electron chi connectivity index (χ2n) is 7.30. The Morgan fingerprint density at radius 2 is 1.35 bits per heavy atom. The van der Waals surface area contributed by atoms with Gasteiger partial charge in [0.1, 0.15) is 5.41 Å². The summed E-state index contributed by atoms with van der Waals surface area (Å²) in [6, 6.07) is 21.1. The molecule has 0 atom stereocenters. The van der Waals surface area contributed by atoms with Crippen LogP contribution in [0.3, 0.4) is 0 Å². The Balaban J connectivity index is 1.82. The zero-order valence-corrected chi connectivity index (χ0v) is 17.0. The molecule has 31 heavy (non-hydrogen) atoms. The molecular formula is C23H18F3NO3S. The van der Waals surface area contributed by atoms with E-state index < -0.39 is 38.0 Å². The number of nitrogens with zero attached hydrogens (tertiary/aromatic N) is 1. The Kier molecular flexibility index (Phi) is 5.13. The number of hydrogen-bond acceptors (Lipinski definition) is 3. The maximum atomic E-state index is 13.7. The highest BCUT2D eigenvalue weighted by Crippen LogP contribution is 2.44. The Morgan fingerprint density at radius 1 is 0.806 bits per heavy atom. The Hall–Kier alpha value is -3.13. The van der Waals surface area contributed by atoms with Gasteiger partial charge in [0.15, 0.2) is 0 Å². The predicted octanol–water partition coefficient (Wildman–Crippen LogP) is 4.61. The molecule has 0 aliphatic carbocycles. The standard InChI is InChI=1S/C23H18F3NO3S/c24-23(25,26)19-12-7-13-20(16-19)31(29,30)27-15-14-22(21(27)28,17-8-3-1-4-9-17)18-10-5-2-6-11-18/h1-13,16H,14-15H2. The van der Waals surface area contributed by atoms with Crippen molar-refractivity contribution >= 4 is 15.9 Å². The molecule has 160 valence electrons. The van der Waals surface area contributed by atoms with Gasteiger partial charge in [-0.05, 0) is 35.7 Å². The number of alkyl halides is 3. The van der Waals surface area contributed by atoms with Crippen molar-refractivity contribution in [1.82, 2.24) is 4.31 Å². The molecule has 8 heteroatoms. The number of carbonyl (C=O) groups excluding carboxylic acids is 1. The molecule has 0 unspecified atom stereocenters. The number of sulfonamides is 1. The van der Waals surface area contributed by atoms with Crippen LogP contribution >= 0.6 is 0 Å². The van der Waals surface area contributed by atoms with E-state index in [0.717, 1.165) is 18.2 Å². The van der Waals surface area contributed by atoms with Crippen molar-refractivity contribution in [3.63, 3.8) is 0 Å². The van der Waals surface area contributed by atoms with Gasteiger partial charge in [0.05, 0.1) is 10.5 Å².